The van der Waals surface area contributed by atoms with Crippen LogP contribution in [-0.4, -0.2) is 21.5 Å². The number of rotatable bonds is 4. The molecule has 0 radical (unpaired) electrons. The molecular formula is C13H13N3O2. The van der Waals surface area contributed by atoms with Crippen molar-refractivity contribution in [3.8, 4) is 5.69 Å². The van der Waals surface area contributed by atoms with Gasteiger partial charge in [-0.2, -0.15) is 5.10 Å². The average molecular weight is 243 g/mol. The van der Waals surface area contributed by atoms with Crippen LogP contribution in [0.1, 0.15) is 13.3 Å². The second-order valence-electron chi connectivity index (χ2n) is 3.89. The number of aromatic nitrogens is 2. The first kappa shape index (κ1) is 12.0. The van der Waals surface area contributed by atoms with E-state index in [9.17, 15) is 9.59 Å². The molecule has 0 spiro atoms. The number of amides is 1. The van der Waals surface area contributed by atoms with E-state index in [0.717, 1.165) is 5.69 Å². The first-order valence-corrected chi connectivity index (χ1v) is 5.55. The van der Waals surface area contributed by atoms with Crippen LogP contribution in [0.5, 0.6) is 0 Å². The van der Waals surface area contributed by atoms with Crippen molar-refractivity contribution >= 4 is 17.4 Å². The van der Waals surface area contributed by atoms with E-state index in [4.69, 9.17) is 0 Å². The summed E-state index contributed by atoms with van der Waals surface area (Å²) in [6, 6.07) is 9.09. The van der Waals surface area contributed by atoms with Crippen LogP contribution in [0, 0.1) is 0 Å². The molecule has 1 amide bonds. The summed E-state index contributed by atoms with van der Waals surface area (Å²) in [6.07, 6.45) is 3.33. The summed E-state index contributed by atoms with van der Waals surface area (Å²) in [5, 5.41) is 6.82. The lowest BCUT2D eigenvalue weighted by Crippen LogP contribution is -2.16. The van der Waals surface area contributed by atoms with Crippen LogP contribution in [0.2, 0.25) is 0 Å². The molecule has 92 valence electrons. The zero-order valence-electron chi connectivity index (χ0n) is 9.96. The zero-order valence-corrected chi connectivity index (χ0v) is 9.96. The van der Waals surface area contributed by atoms with Gasteiger partial charge in [-0.05, 0) is 25.1 Å². The molecule has 0 atom stereocenters. The Morgan fingerprint density at radius 3 is 2.72 bits per heavy atom. The molecule has 2 aromatic rings. The van der Waals surface area contributed by atoms with Gasteiger partial charge in [0.2, 0.25) is 5.91 Å². The predicted molar refractivity (Wildman–Crippen MR) is 67.5 cm³/mol. The molecule has 0 aliphatic rings. The standard InChI is InChI=1S/C13H13N3O2/c1-10(17)9-13(18)15-11-5-2-3-6-12(11)16-8-4-7-14-16/h2-8H,9H2,1H3,(H,15,18). The maximum absolute atomic E-state index is 11.6. The third-order valence-electron chi connectivity index (χ3n) is 2.34. The molecule has 1 N–H and O–H groups in total. The lowest BCUT2D eigenvalue weighted by atomic mass is 10.2. The van der Waals surface area contributed by atoms with E-state index in [2.05, 4.69) is 10.4 Å². The highest BCUT2D eigenvalue weighted by atomic mass is 16.2. The van der Waals surface area contributed by atoms with Crippen molar-refractivity contribution < 1.29 is 9.59 Å². The molecule has 5 heteroatoms. The Hall–Kier alpha value is -2.43. The number of benzene rings is 1. The molecule has 0 fully saturated rings. The highest BCUT2D eigenvalue weighted by Crippen LogP contribution is 2.19. The Morgan fingerprint density at radius 2 is 2.06 bits per heavy atom. The van der Waals surface area contributed by atoms with Gasteiger partial charge in [0.05, 0.1) is 17.8 Å². The van der Waals surface area contributed by atoms with E-state index in [-0.39, 0.29) is 18.1 Å². The number of nitrogens with one attached hydrogen (secondary N) is 1. The Bertz CT molecular complexity index is 561. The summed E-state index contributed by atoms with van der Waals surface area (Å²) < 4.78 is 1.66. The van der Waals surface area contributed by atoms with Crippen LogP contribution in [0.25, 0.3) is 5.69 Å². The van der Waals surface area contributed by atoms with Crippen LogP contribution in [-0.2, 0) is 9.59 Å². The molecule has 0 aliphatic heterocycles. The molecule has 1 heterocycles. The number of para-hydroxylation sites is 2. The normalized spacial score (nSPS) is 10.1. The Kier molecular flexibility index (Phi) is 3.52. The Labute approximate surface area is 104 Å². The maximum Gasteiger partial charge on any atom is 0.231 e. The molecule has 0 bridgehead atoms. The average Bonchev–Trinajstić information content (AvgIpc) is 2.81. The Balaban J connectivity index is 2.23. The molecule has 5 nitrogen and oxygen atoms in total. The monoisotopic (exact) mass is 243 g/mol. The maximum atomic E-state index is 11.6. The van der Waals surface area contributed by atoms with E-state index >= 15 is 0 Å². The fraction of sp³-hybridized carbons (Fsp3) is 0.154. The van der Waals surface area contributed by atoms with Crippen LogP contribution in [0.4, 0.5) is 5.69 Å². The summed E-state index contributed by atoms with van der Waals surface area (Å²) in [4.78, 5) is 22.5. The summed E-state index contributed by atoms with van der Waals surface area (Å²) in [6.45, 7) is 1.39. The number of carbonyl (C=O) groups excluding carboxylic acids is 2. The summed E-state index contributed by atoms with van der Waals surface area (Å²) >= 11 is 0. The minimum Gasteiger partial charge on any atom is -0.324 e. The quantitative estimate of drug-likeness (QED) is 0.832. The van der Waals surface area contributed by atoms with Crippen molar-refractivity contribution in [1.29, 1.82) is 0 Å². The second kappa shape index (κ2) is 5.27. The van der Waals surface area contributed by atoms with Crippen molar-refractivity contribution in [2.75, 3.05) is 5.32 Å². The highest BCUT2D eigenvalue weighted by Gasteiger charge is 2.09. The summed E-state index contributed by atoms with van der Waals surface area (Å²) in [7, 11) is 0. The highest BCUT2D eigenvalue weighted by molar-refractivity contribution is 6.04. The van der Waals surface area contributed by atoms with Crippen molar-refractivity contribution in [3.05, 3.63) is 42.7 Å². The van der Waals surface area contributed by atoms with Gasteiger partial charge in [0.1, 0.15) is 5.78 Å². The van der Waals surface area contributed by atoms with Crippen molar-refractivity contribution in [2.24, 2.45) is 0 Å². The van der Waals surface area contributed by atoms with Crippen LogP contribution >= 0.6 is 0 Å². The largest absolute Gasteiger partial charge is 0.324 e. The van der Waals surface area contributed by atoms with Gasteiger partial charge >= 0.3 is 0 Å². The number of nitrogens with zero attached hydrogens (tertiary/aromatic N) is 2. The minimum absolute atomic E-state index is 0.118. The number of hydrogen-bond acceptors (Lipinski definition) is 3. The molecular weight excluding hydrogens is 230 g/mol. The van der Waals surface area contributed by atoms with Gasteiger partial charge in [0, 0.05) is 12.4 Å². The third-order valence-corrected chi connectivity index (χ3v) is 2.34. The van der Waals surface area contributed by atoms with Gasteiger partial charge < -0.3 is 5.32 Å². The van der Waals surface area contributed by atoms with Gasteiger partial charge in [0.15, 0.2) is 0 Å². The lowest BCUT2D eigenvalue weighted by molar-refractivity contribution is -0.124. The van der Waals surface area contributed by atoms with E-state index in [1.54, 1.807) is 29.2 Å². The molecule has 1 aromatic carbocycles. The number of hydrogen-bond donors (Lipinski definition) is 1. The first-order chi connectivity index (χ1) is 8.66. The van der Waals surface area contributed by atoms with Crippen molar-refractivity contribution in [3.63, 3.8) is 0 Å². The second-order valence-corrected chi connectivity index (χ2v) is 3.89. The predicted octanol–water partition coefficient (Wildman–Crippen LogP) is 1.79. The lowest BCUT2D eigenvalue weighted by Gasteiger charge is -2.10. The van der Waals surface area contributed by atoms with Crippen molar-refractivity contribution in [1.82, 2.24) is 9.78 Å². The first-order valence-electron chi connectivity index (χ1n) is 5.55. The van der Waals surface area contributed by atoms with E-state index < -0.39 is 0 Å². The molecule has 18 heavy (non-hydrogen) atoms. The molecule has 2 rings (SSSR count). The van der Waals surface area contributed by atoms with Crippen molar-refractivity contribution in [2.45, 2.75) is 13.3 Å². The van der Waals surface area contributed by atoms with Gasteiger partial charge in [0.25, 0.3) is 0 Å². The van der Waals surface area contributed by atoms with Crippen LogP contribution in [0.3, 0.4) is 0 Å². The smallest absolute Gasteiger partial charge is 0.231 e. The van der Waals surface area contributed by atoms with E-state index in [1.807, 2.05) is 18.2 Å². The van der Waals surface area contributed by atoms with Gasteiger partial charge in [-0.1, -0.05) is 12.1 Å². The zero-order chi connectivity index (χ0) is 13.0. The number of ketones is 1. The molecule has 0 aliphatic carbocycles. The Morgan fingerprint density at radius 1 is 1.28 bits per heavy atom. The fourth-order valence-corrected chi connectivity index (χ4v) is 1.61. The number of carbonyl (C=O) groups is 2. The van der Waals surface area contributed by atoms with Gasteiger partial charge in [-0.25, -0.2) is 4.68 Å². The summed E-state index contributed by atoms with van der Waals surface area (Å²) in [5.41, 5.74) is 1.40. The molecule has 0 saturated heterocycles. The fourth-order valence-electron chi connectivity index (χ4n) is 1.61. The minimum atomic E-state index is -0.317. The molecule has 1 aromatic heterocycles. The molecule has 0 saturated carbocycles. The van der Waals surface area contributed by atoms with E-state index in [1.165, 1.54) is 6.92 Å². The van der Waals surface area contributed by atoms with Crippen LogP contribution < -0.4 is 5.32 Å². The SMILES string of the molecule is CC(=O)CC(=O)Nc1ccccc1-n1cccn1. The third kappa shape index (κ3) is 2.82. The number of anilines is 1. The van der Waals surface area contributed by atoms with Crippen LogP contribution in [0.15, 0.2) is 42.7 Å². The van der Waals surface area contributed by atoms with Gasteiger partial charge in [-0.15, -0.1) is 0 Å². The number of Topliss-reactive ketones (excluding diaryl/α,β-unsaturated/α-hetero) is 1. The summed E-state index contributed by atoms with van der Waals surface area (Å²) in [5.74, 6) is -0.480. The van der Waals surface area contributed by atoms with E-state index in [0.29, 0.717) is 5.69 Å². The molecule has 0 unspecified atom stereocenters. The van der Waals surface area contributed by atoms with Gasteiger partial charge in [-0.3, -0.25) is 9.59 Å². The topological polar surface area (TPSA) is 64.0 Å².